The molecule has 0 fully saturated rings. The van der Waals surface area contributed by atoms with E-state index in [4.69, 9.17) is 4.74 Å². The lowest BCUT2D eigenvalue weighted by Crippen LogP contribution is -2.40. The Morgan fingerprint density at radius 2 is 1.68 bits per heavy atom. The number of carbonyl (C=O) groups excluding carboxylic acids is 2. The largest absolute Gasteiger partial charge is 0.480 e. The van der Waals surface area contributed by atoms with Crippen LogP contribution in [0.1, 0.15) is 49.7 Å². The van der Waals surface area contributed by atoms with Crippen molar-refractivity contribution in [2.45, 2.75) is 44.6 Å². The number of allylic oxidation sites excluding steroid dienone is 1. The summed E-state index contributed by atoms with van der Waals surface area (Å²) in [5, 5.41) is 14.5. The molecule has 2 aromatic rings. The predicted molar refractivity (Wildman–Crippen MR) is 130 cm³/mol. The number of benzene rings is 2. The first-order valence-corrected chi connectivity index (χ1v) is 11.6. The molecule has 2 amide bonds. The number of carbonyl (C=O) groups is 3. The Kier molecular flexibility index (Phi) is 8.85. The number of carboxylic acid groups (broad SMARTS) is 1. The first-order chi connectivity index (χ1) is 16.4. The van der Waals surface area contributed by atoms with Gasteiger partial charge in [0.05, 0.1) is 0 Å². The molecule has 0 saturated carbocycles. The van der Waals surface area contributed by atoms with Crippen LogP contribution in [-0.2, 0) is 14.3 Å². The van der Waals surface area contributed by atoms with Gasteiger partial charge in [-0.15, -0.1) is 6.58 Å². The Morgan fingerprint density at radius 1 is 1.06 bits per heavy atom. The molecule has 7 heteroatoms. The number of nitrogens with one attached hydrogen (secondary N) is 2. The number of fused-ring (bicyclic) bond motifs is 3. The summed E-state index contributed by atoms with van der Waals surface area (Å²) in [6.45, 7) is 6.10. The summed E-state index contributed by atoms with van der Waals surface area (Å²) in [5.74, 6) is -1.34. The van der Waals surface area contributed by atoms with Crippen LogP contribution in [0.4, 0.5) is 4.79 Å². The Balaban J connectivity index is 1.41. The number of ether oxygens (including phenoxy) is 1. The first-order valence-electron chi connectivity index (χ1n) is 11.6. The van der Waals surface area contributed by atoms with Crippen LogP contribution in [-0.4, -0.2) is 42.3 Å². The van der Waals surface area contributed by atoms with Gasteiger partial charge in [0.15, 0.2) is 0 Å². The monoisotopic (exact) mass is 464 g/mol. The third-order valence-corrected chi connectivity index (χ3v) is 6.10. The van der Waals surface area contributed by atoms with E-state index in [2.05, 4.69) is 41.5 Å². The fourth-order valence-electron chi connectivity index (χ4n) is 4.19. The number of rotatable bonds is 12. The third kappa shape index (κ3) is 6.47. The average molecular weight is 465 g/mol. The summed E-state index contributed by atoms with van der Waals surface area (Å²) < 4.78 is 5.53. The molecule has 3 N–H and O–H groups in total. The van der Waals surface area contributed by atoms with Gasteiger partial charge in [-0.1, -0.05) is 61.5 Å². The van der Waals surface area contributed by atoms with Gasteiger partial charge in [-0.05, 0) is 47.4 Å². The maximum Gasteiger partial charge on any atom is 0.407 e. The van der Waals surface area contributed by atoms with Gasteiger partial charge in [-0.25, -0.2) is 9.59 Å². The molecular weight excluding hydrogens is 432 g/mol. The molecule has 7 nitrogen and oxygen atoms in total. The van der Waals surface area contributed by atoms with E-state index in [1.54, 1.807) is 6.08 Å². The quantitative estimate of drug-likeness (QED) is 0.402. The summed E-state index contributed by atoms with van der Waals surface area (Å²) in [4.78, 5) is 35.6. The highest BCUT2D eigenvalue weighted by Crippen LogP contribution is 2.44. The molecule has 0 aromatic heterocycles. The number of hydrogen-bond donors (Lipinski definition) is 3. The lowest BCUT2D eigenvalue weighted by Gasteiger charge is -2.17. The van der Waals surface area contributed by atoms with Crippen LogP contribution in [0.25, 0.3) is 11.1 Å². The molecule has 0 spiro atoms. The zero-order valence-electron chi connectivity index (χ0n) is 19.5. The Morgan fingerprint density at radius 3 is 2.26 bits per heavy atom. The Hall–Kier alpha value is -3.61. The lowest BCUT2D eigenvalue weighted by molar-refractivity contribution is -0.142. The van der Waals surface area contributed by atoms with Crippen LogP contribution in [0.5, 0.6) is 0 Å². The lowest BCUT2D eigenvalue weighted by atomic mass is 9.98. The second-order valence-corrected chi connectivity index (χ2v) is 8.67. The molecule has 1 aliphatic carbocycles. The van der Waals surface area contributed by atoms with Crippen molar-refractivity contribution in [3.63, 3.8) is 0 Å². The fourth-order valence-corrected chi connectivity index (χ4v) is 4.19. The van der Waals surface area contributed by atoms with Crippen molar-refractivity contribution >= 4 is 18.0 Å². The highest BCUT2D eigenvalue weighted by atomic mass is 16.5. The third-order valence-electron chi connectivity index (χ3n) is 6.10. The molecule has 0 heterocycles. The van der Waals surface area contributed by atoms with Crippen molar-refractivity contribution < 1.29 is 24.2 Å². The first kappa shape index (κ1) is 25.0. The molecule has 0 radical (unpaired) electrons. The van der Waals surface area contributed by atoms with Crippen molar-refractivity contribution in [1.82, 2.24) is 10.6 Å². The summed E-state index contributed by atoms with van der Waals surface area (Å²) in [6, 6.07) is 15.4. The van der Waals surface area contributed by atoms with Gasteiger partial charge in [0.1, 0.15) is 12.6 Å². The molecule has 0 bridgehead atoms. The van der Waals surface area contributed by atoms with Gasteiger partial charge in [0, 0.05) is 18.9 Å². The van der Waals surface area contributed by atoms with Crippen LogP contribution in [0.2, 0.25) is 0 Å². The number of aliphatic carboxylic acids is 1. The van der Waals surface area contributed by atoms with Gasteiger partial charge in [-0.2, -0.15) is 0 Å². The second-order valence-electron chi connectivity index (χ2n) is 8.67. The average Bonchev–Trinajstić information content (AvgIpc) is 3.16. The summed E-state index contributed by atoms with van der Waals surface area (Å²) in [6.07, 6.45) is 2.66. The molecule has 0 saturated heterocycles. The number of carboxylic acids is 1. The highest BCUT2D eigenvalue weighted by molar-refractivity contribution is 5.83. The van der Waals surface area contributed by atoms with Crippen LogP contribution in [0.15, 0.2) is 61.2 Å². The second kappa shape index (κ2) is 12.0. The molecule has 3 rings (SSSR count). The van der Waals surface area contributed by atoms with Crippen LogP contribution < -0.4 is 10.6 Å². The maximum atomic E-state index is 12.3. The van der Waals surface area contributed by atoms with E-state index in [-0.39, 0.29) is 30.8 Å². The van der Waals surface area contributed by atoms with E-state index in [9.17, 15) is 19.5 Å². The Labute approximate surface area is 200 Å². The minimum atomic E-state index is -1.06. The topological polar surface area (TPSA) is 105 Å². The predicted octanol–water partition coefficient (Wildman–Crippen LogP) is 4.48. The molecule has 1 aliphatic rings. The number of hydrogen-bond acceptors (Lipinski definition) is 4. The molecule has 34 heavy (non-hydrogen) atoms. The zero-order chi connectivity index (χ0) is 24.5. The summed E-state index contributed by atoms with van der Waals surface area (Å²) in [5.41, 5.74) is 4.66. The van der Waals surface area contributed by atoms with Gasteiger partial charge >= 0.3 is 12.1 Å². The van der Waals surface area contributed by atoms with Gasteiger partial charge in [0.2, 0.25) is 5.91 Å². The summed E-state index contributed by atoms with van der Waals surface area (Å²) >= 11 is 0. The molecule has 2 atom stereocenters. The fraction of sp³-hybridized carbons (Fsp3) is 0.370. The number of alkyl carbamates (subject to hydrolysis) is 1. The van der Waals surface area contributed by atoms with Crippen molar-refractivity contribution in [3.8, 4) is 11.1 Å². The standard InChI is InChI=1S/C27H32N2O5/c1-3-4-13-24(26(31)32)29-25(30)15-14-18(2)16-28-27(33)34-17-23-21-11-7-5-9-19(21)20-10-6-8-12-22(20)23/h3,5-12,18,23-24H,1,4,13-17H2,2H3,(H,28,33)(H,29,30)(H,31,32). The van der Waals surface area contributed by atoms with E-state index < -0.39 is 18.1 Å². The molecular formula is C27H32N2O5. The van der Waals surface area contributed by atoms with E-state index >= 15 is 0 Å². The van der Waals surface area contributed by atoms with Gasteiger partial charge in [0.25, 0.3) is 0 Å². The highest BCUT2D eigenvalue weighted by Gasteiger charge is 2.29. The van der Waals surface area contributed by atoms with Crippen molar-refractivity contribution in [2.24, 2.45) is 5.92 Å². The Bertz CT molecular complexity index is 990. The molecule has 2 unspecified atom stereocenters. The van der Waals surface area contributed by atoms with Crippen LogP contribution in [0, 0.1) is 5.92 Å². The summed E-state index contributed by atoms with van der Waals surface area (Å²) in [7, 11) is 0. The molecule has 180 valence electrons. The van der Waals surface area contributed by atoms with Crippen LogP contribution in [0.3, 0.4) is 0 Å². The smallest absolute Gasteiger partial charge is 0.407 e. The van der Waals surface area contributed by atoms with E-state index in [0.29, 0.717) is 25.8 Å². The van der Waals surface area contributed by atoms with Crippen molar-refractivity contribution in [3.05, 3.63) is 72.3 Å². The SMILES string of the molecule is C=CCCC(NC(=O)CCC(C)CNC(=O)OCC1c2ccccc2-c2ccccc21)C(=O)O. The van der Waals surface area contributed by atoms with Gasteiger partial charge in [-0.3, -0.25) is 4.79 Å². The maximum absolute atomic E-state index is 12.3. The van der Waals surface area contributed by atoms with Crippen LogP contribution >= 0.6 is 0 Å². The van der Waals surface area contributed by atoms with Gasteiger partial charge < -0.3 is 20.5 Å². The normalized spacial score (nSPS) is 13.8. The van der Waals surface area contributed by atoms with Crippen molar-refractivity contribution in [2.75, 3.05) is 13.2 Å². The zero-order valence-corrected chi connectivity index (χ0v) is 19.5. The van der Waals surface area contributed by atoms with E-state index in [1.807, 2.05) is 31.2 Å². The molecule has 0 aliphatic heterocycles. The van der Waals surface area contributed by atoms with E-state index in [0.717, 1.165) is 11.1 Å². The van der Waals surface area contributed by atoms with Crippen molar-refractivity contribution in [1.29, 1.82) is 0 Å². The minimum absolute atomic E-state index is 0.00235. The number of amides is 2. The molecule has 2 aromatic carbocycles. The van der Waals surface area contributed by atoms with E-state index in [1.165, 1.54) is 11.1 Å². The minimum Gasteiger partial charge on any atom is -0.480 e.